The Bertz CT molecular complexity index is 586. The van der Waals surface area contributed by atoms with Gasteiger partial charge in [-0.3, -0.25) is 0 Å². The zero-order valence-corrected chi connectivity index (χ0v) is 10.5. The molecule has 2 nitrogen and oxygen atoms in total. The van der Waals surface area contributed by atoms with Crippen LogP contribution < -0.4 is 5.46 Å². The van der Waals surface area contributed by atoms with Crippen LogP contribution in [0.4, 0.5) is 4.39 Å². The summed E-state index contributed by atoms with van der Waals surface area (Å²) in [5.74, 6) is -0.215. The molecule has 0 radical (unpaired) electrons. The fourth-order valence-corrected chi connectivity index (χ4v) is 2.41. The standard InChI is InChI=1S/C15H14BFO2/c17-15-9-13-10-19-16(18)14(13)8-12(15)7-6-11-4-2-1-3-5-11/h1-5,8-9,18H,6-7,10H2. The lowest BCUT2D eigenvalue weighted by molar-refractivity contribution is 0.275. The highest BCUT2D eigenvalue weighted by Crippen LogP contribution is 2.17. The van der Waals surface area contributed by atoms with Crippen molar-refractivity contribution in [3.63, 3.8) is 0 Å². The smallest absolute Gasteiger partial charge is 0.423 e. The number of halogens is 1. The van der Waals surface area contributed by atoms with Gasteiger partial charge >= 0.3 is 7.12 Å². The van der Waals surface area contributed by atoms with Gasteiger partial charge in [0.15, 0.2) is 0 Å². The van der Waals surface area contributed by atoms with Crippen molar-refractivity contribution in [2.24, 2.45) is 0 Å². The van der Waals surface area contributed by atoms with Crippen molar-refractivity contribution in [3.05, 3.63) is 65.0 Å². The Morgan fingerprint density at radius 3 is 2.74 bits per heavy atom. The molecule has 4 heteroatoms. The average Bonchev–Trinajstić information content (AvgIpc) is 2.78. The molecule has 1 aliphatic rings. The predicted molar refractivity (Wildman–Crippen MR) is 72.6 cm³/mol. The van der Waals surface area contributed by atoms with Crippen molar-refractivity contribution in [3.8, 4) is 0 Å². The maximum Gasteiger partial charge on any atom is 0.491 e. The van der Waals surface area contributed by atoms with Gasteiger partial charge < -0.3 is 9.68 Å². The summed E-state index contributed by atoms with van der Waals surface area (Å²) in [6.07, 6.45) is 1.41. The Morgan fingerprint density at radius 1 is 1.16 bits per heavy atom. The monoisotopic (exact) mass is 256 g/mol. The topological polar surface area (TPSA) is 29.5 Å². The lowest BCUT2D eigenvalue weighted by Crippen LogP contribution is -2.28. The molecule has 0 aromatic heterocycles. The van der Waals surface area contributed by atoms with E-state index in [-0.39, 0.29) is 12.4 Å². The molecule has 19 heavy (non-hydrogen) atoms. The highest BCUT2D eigenvalue weighted by Gasteiger charge is 2.28. The van der Waals surface area contributed by atoms with Crippen molar-refractivity contribution in [1.82, 2.24) is 0 Å². The number of rotatable bonds is 3. The van der Waals surface area contributed by atoms with Crippen LogP contribution in [-0.2, 0) is 24.1 Å². The van der Waals surface area contributed by atoms with E-state index in [0.717, 1.165) is 12.0 Å². The summed E-state index contributed by atoms with van der Waals surface area (Å²) in [5.41, 5.74) is 3.25. The first-order chi connectivity index (χ1) is 9.24. The lowest BCUT2D eigenvalue weighted by Gasteiger charge is -2.07. The fraction of sp³-hybridized carbons (Fsp3) is 0.200. The summed E-state index contributed by atoms with van der Waals surface area (Å²) in [6, 6.07) is 13.2. The van der Waals surface area contributed by atoms with Crippen molar-refractivity contribution in [1.29, 1.82) is 0 Å². The van der Waals surface area contributed by atoms with Gasteiger partial charge in [0, 0.05) is 0 Å². The first-order valence-electron chi connectivity index (χ1n) is 6.39. The van der Waals surface area contributed by atoms with E-state index >= 15 is 0 Å². The molecule has 0 amide bonds. The van der Waals surface area contributed by atoms with E-state index in [1.165, 1.54) is 11.6 Å². The molecule has 1 aliphatic heterocycles. The van der Waals surface area contributed by atoms with Crippen molar-refractivity contribution in [2.75, 3.05) is 0 Å². The third-order valence-corrected chi connectivity index (χ3v) is 3.50. The second-order valence-electron chi connectivity index (χ2n) is 4.79. The average molecular weight is 256 g/mol. The van der Waals surface area contributed by atoms with Gasteiger partial charge in [-0.2, -0.15) is 0 Å². The van der Waals surface area contributed by atoms with E-state index in [1.54, 1.807) is 6.07 Å². The van der Waals surface area contributed by atoms with E-state index in [9.17, 15) is 9.41 Å². The van der Waals surface area contributed by atoms with E-state index < -0.39 is 7.12 Å². The molecular weight excluding hydrogens is 242 g/mol. The molecule has 2 aromatic rings. The summed E-state index contributed by atoms with van der Waals surface area (Å²) in [7, 11) is -0.911. The summed E-state index contributed by atoms with van der Waals surface area (Å²) < 4.78 is 19.0. The van der Waals surface area contributed by atoms with Gasteiger partial charge in [-0.25, -0.2) is 4.39 Å². The minimum absolute atomic E-state index is 0.215. The van der Waals surface area contributed by atoms with E-state index in [4.69, 9.17) is 4.65 Å². The Morgan fingerprint density at radius 2 is 1.95 bits per heavy atom. The minimum Gasteiger partial charge on any atom is -0.423 e. The Hall–Kier alpha value is -1.65. The van der Waals surface area contributed by atoms with Crippen LogP contribution in [0.2, 0.25) is 0 Å². The Balaban J connectivity index is 1.80. The van der Waals surface area contributed by atoms with Gasteiger partial charge in [0.2, 0.25) is 0 Å². The van der Waals surface area contributed by atoms with Gasteiger partial charge in [-0.1, -0.05) is 36.4 Å². The van der Waals surface area contributed by atoms with Gasteiger partial charge in [-0.15, -0.1) is 0 Å². The first kappa shape index (κ1) is 12.4. The normalized spacial score (nSPS) is 13.7. The third kappa shape index (κ3) is 2.55. The van der Waals surface area contributed by atoms with Gasteiger partial charge in [-0.05, 0) is 41.1 Å². The maximum absolute atomic E-state index is 13.9. The molecule has 0 saturated heterocycles. The highest BCUT2D eigenvalue weighted by molar-refractivity contribution is 6.61. The molecule has 2 aromatic carbocycles. The van der Waals surface area contributed by atoms with Gasteiger partial charge in [0.1, 0.15) is 5.82 Å². The van der Waals surface area contributed by atoms with E-state index in [2.05, 4.69) is 0 Å². The maximum atomic E-state index is 13.9. The number of benzene rings is 2. The molecular formula is C15H14BFO2. The van der Waals surface area contributed by atoms with Crippen LogP contribution >= 0.6 is 0 Å². The molecule has 1 N–H and O–H groups in total. The van der Waals surface area contributed by atoms with Gasteiger partial charge in [0.25, 0.3) is 0 Å². The van der Waals surface area contributed by atoms with Crippen molar-refractivity contribution < 1.29 is 14.1 Å². The van der Waals surface area contributed by atoms with Crippen LogP contribution in [0, 0.1) is 5.82 Å². The first-order valence-corrected chi connectivity index (χ1v) is 6.39. The number of hydrogen-bond donors (Lipinski definition) is 1. The minimum atomic E-state index is -0.911. The van der Waals surface area contributed by atoms with Crippen LogP contribution in [0.25, 0.3) is 0 Å². The molecule has 0 unspecified atom stereocenters. The number of fused-ring (bicyclic) bond motifs is 1. The van der Waals surface area contributed by atoms with Crippen molar-refractivity contribution >= 4 is 12.6 Å². The van der Waals surface area contributed by atoms with Crippen LogP contribution in [0.15, 0.2) is 42.5 Å². The number of aryl methyl sites for hydroxylation is 2. The Kier molecular flexibility index (Phi) is 3.36. The molecule has 0 atom stereocenters. The van der Waals surface area contributed by atoms with Crippen LogP contribution in [-0.4, -0.2) is 12.1 Å². The zero-order valence-electron chi connectivity index (χ0n) is 10.5. The van der Waals surface area contributed by atoms with Crippen LogP contribution in [0.3, 0.4) is 0 Å². The zero-order chi connectivity index (χ0) is 13.2. The quantitative estimate of drug-likeness (QED) is 0.849. The molecule has 1 heterocycles. The molecule has 0 spiro atoms. The summed E-state index contributed by atoms with van der Waals surface area (Å²) in [6.45, 7) is 0.284. The van der Waals surface area contributed by atoms with E-state index in [1.807, 2.05) is 30.3 Å². The number of hydrogen-bond acceptors (Lipinski definition) is 2. The highest BCUT2D eigenvalue weighted by atomic mass is 19.1. The van der Waals surface area contributed by atoms with Gasteiger partial charge in [0.05, 0.1) is 6.61 Å². The molecule has 0 bridgehead atoms. The molecule has 96 valence electrons. The molecule has 3 rings (SSSR count). The van der Waals surface area contributed by atoms with Crippen LogP contribution in [0.1, 0.15) is 16.7 Å². The largest absolute Gasteiger partial charge is 0.491 e. The molecule has 0 aliphatic carbocycles. The predicted octanol–water partition coefficient (Wildman–Crippen LogP) is 1.83. The SMILES string of the molecule is OB1OCc2cc(F)c(CCc3ccccc3)cc21. The van der Waals surface area contributed by atoms with E-state index in [0.29, 0.717) is 17.4 Å². The lowest BCUT2D eigenvalue weighted by atomic mass is 9.78. The summed E-state index contributed by atoms with van der Waals surface area (Å²) >= 11 is 0. The Labute approximate surface area is 112 Å². The summed E-state index contributed by atoms with van der Waals surface area (Å²) in [5, 5.41) is 9.64. The van der Waals surface area contributed by atoms with Crippen LogP contribution in [0.5, 0.6) is 0 Å². The second kappa shape index (κ2) is 5.15. The second-order valence-corrected chi connectivity index (χ2v) is 4.79. The van der Waals surface area contributed by atoms with Crippen molar-refractivity contribution in [2.45, 2.75) is 19.4 Å². The fourth-order valence-electron chi connectivity index (χ4n) is 2.41. The third-order valence-electron chi connectivity index (χ3n) is 3.50. The molecule has 0 fully saturated rings. The molecule has 0 saturated carbocycles. The summed E-state index contributed by atoms with van der Waals surface area (Å²) in [4.78, 5) is 0.